The first-order valence-corrected chi connectivity index (χ1v) is 9.94. The summed E-state index contributed by atoms with van der Waals surface area (Å²) in [4.78, 5) is 0. The van der Waals surface area contributed by atoms with Crippen LogP contribution in [0.5, 0.6) is 11.5 Å². The molecule has 0 saturated carbocycles. The molecule has 0 radical (unpaired) electrons. The monoisotopic (exact) mass is 448 g/mol. The first-order chi connectivity index (χ1) is 14.1. The average molecular weight is 450 g/mol. The van der Waals surface area contributed by atoms with Gasteiger partial charge in [-0.15, -0.1) is 0 Å². The summed E-state index contributed by atoms with van der Waals surface area (Å²) in [6, 6.07) is 18.5. The van der Waals surface area contributed by atoms with E-state index in [9.17, 15) is 0 Å². The zero-order chi connectivity index (χ0) is 20.6. The lowest BCUT2D eigenvalue weighted by Crippen LogP contribution is -2.07. The second kappa shape index (κ2) is 10.4. The Morgan fingerprint density at radius 2 is 1.76 bits per heavy atom. The van der Waals surface area contributed by atoms with E-state index in [0.29, 0.717) is 34.0 Å². The van der Waals surface area contributed by atoms with Crippen LogP contribution < -0.4 is 14.9 Å². The molecule has 4 nitrogen and oxygen atoms in total. The van der Waals surface area contributed by atoms with Crippen molar-refractivity contribution in [1.82, 2.24) is 5.43 Å². The Balaban J connectivity index is 1.66. The molecule has 0 bridgehead atoms. The van der Waals surface area contributed by atoms with Crippen LogP contribution in [0.2, 0.25) is 15.1 Å². The Bertz CT molecular complexity index is 1010. The fourth-order valence-electron chi connectivity index (χ4n) is 2.64. The van der Waals surface area contributed by atoms with Crippen molar-refractivity contribution < 1.29 is 9.47 Å². The smallest absolute Gasteiger partial charge is 0.128 e. The van der Waals surface area contributed by atoms with Gasteiger partial charge in [0.05, 0.1) is 29.9 Å². The van der Waals surface area contributed by atoms with Crippen LogP contribution in [0.1, 0.15) is 16.7 Å². The van der Waals surface area contributed by atoms with E-state index in [1.54, 1.807) is 43.7 Å². The molecular weight excluding hydrogens is 431 g/mol. The highest BCUT2D eigenvalue weighted by Crippen LogP contribution is 2.25. The standard InChI is InChI=1S/C22H19Cl3N2O2/c1-28-21-5-3-2-4-16(21)12-26-27-13-17-11-18(23)7-9-22(17)29-14-15-6-8-19(24)20(25)10-15/h2-11,13,26H,12,14H2,1H3/b27-13+. The molecule has 0 aromatic heterocycles. The van der Waals surface area contributed by atoms with Gasteiger partial charge in [0.25, 0.3) is 0 Å². The molecule has 29 heavy (non-hydrogen) atoms. The summed E-state index contributed by atoms with van der Waals surface area (Å²) < 4.78 is 11.3. The number of methoxy groups -OCH3 is 1. The fourth-order valence-corrected chi connectivity index (χ4v) is 3.14. The zero-order valence-corrected chi connectivity index (χ0v) is 17.9. The van der Waals surface area contributed by atoms with Crippen LogP contribution in [0, 0.1) is 0 Å². The molecule has 1 N–H and O–H groups in total. The van der Waals surface area contributed by atoms with Crippen molar-refractivity contribution in [2.24, 2.45) is 5.10 Å². The summed E-state index contributed by atoms with van der Waals surface area (Å²) in [7, 11) is 1.64. The Labute approximate surface area is 185 Å². The maximum Gasteiger partial charge on any atom is 0.128 e. The lowest BCUT2D eigenvalue weighted by Gasteiger charge is -2.11. The van der Waals surface area contributed by atoms with Crippen LogP contribution in [-0.4, -0.2) is 13.3 Å². The maximum absolute atomic E-state index is 6.13. The second-order valence-corrected chi connectivity index (χ2v) is 7.38. The van der Waals surface area contributed by atoms with Gasteiger partial charge in [0.2, 0.25) is 0 Å². The summed E-state index contributed by atoms with van der Waals surface area (Å²) in [6.45, 7) is 0.870. The third-order valence-corrected chi connectivity index (χ3v) is 5.08. The largest absolute Gasteiger partial charge is 0.496 e. The van der Waals surface area contributed by atoms with Gasteiger partial charge < -0.3 is 14.9 Å². The summed E-state index contributed by atoms with van der Waals surface area (Å²) in [5.74, 6) is 1.46. The molecule has 0 atom stereocenters. The summed E-state index contributed by atoms with van der Waals surface area (Å²) in [5, 5.41) is 5.88. The third kappa shape index (κ3) is 6.04. The molecule has 0 aliphatic carbocycles. The van der Waals surface area contributed by atoms with Gasteiger partial charge in [-0.3, -0.25) is 0 Å². The lowest BCUT2D eigenvalue weighted by atomic mass is 10.2. The number of benzene rings is 3. The summed E-state index contributed by atoms with van der Waals surface area (Å²) in [6.07, 6.45) is 1.67. The van der Waals surface area contributed by atoms with E-state index in [4.69, 9.17) is 44.3 Å². The predicted octanol–water partition coefficient (Wildman–Crippen LogP) is 6.36. The van der Waals surface area contributed by atoms with Crippen molar-refractivity contribution in [3.63, 3.8) is 0 Å². The molecule has 0 heterocycles. The topological polar surface area (TPSA) is 42.8 Å². The molecule has 0 aliphatic heterocycles. The molecule has 0 spiro atoms. The molecule has 3 aromatic rings. The van der Waals surface area contributed by atoms with Gasteiger partial charge in [0.15, 0.2) is 0 Å². The number of halogens is 3. The van der Waals surface area contributed by atoms with Crippen molar-refractivity contribution in [3.8, 4) is 11.5 Å². The number of para-hydroxylation sites is 1. The molecule has 0 aliphatic rings. The number of hydrogen-bond acceptors (Lipinski definition) is 4. The molecule has 0 unspecified atom stereocenters. The lowest BCUT2D eigenvalue weighted by molar-refractivity contribution is 0.306. The van der Waals surface area contributed by atoms with Crippen molar-refractivity contribution in [2.45, 2.75) is 13.2 Å². The van der Waals surface area contributed by atoms with E-state index in [1.165, 1.54) is 0 Å². The summed E-state index contributed by atoms with van der Waals surface area (Å²) >= 11 is 18.2. The Morgan fingerprint density at radius 1 is 0.931 bits per heavy atom. The highest BCUT2D eigenvalue weighted by molar-refractivity contribution is 6.42. The number of hydrazone groups is 1. The number of nitrogens with one attached hydrogen (secondary N) is 1. The molecule has 0 saturated heterocycles. The van der Waals surface area contributed by atoms with Crippen LogP contribution in [0.4, 0.5) is 0 Å². The van der Waals surface area contributed by atoms with Crippen LogP contribution in [0.3, 0.4) is 0 Å². The highest BCUT2D eigenvalue weighted by atomic mass is 35.5. The van der Waals surface area contributed by atoms with E-state index >= 15 is 0 Å². The maximum atomic E-state index is 6.13. The van der Waals surface area contributed by atoms with Crippen LogP contribution in [-0.2, 0) is 13.2 Å². The van der Waals surface area contributed by atoms with Gasteiger partial charge in [-0.2, -0.15) is 5.10 Å². The molecular formula is C22H19Cl3N2O2. The minimum atomic E-state index is 0.341. The van der Waals surface area contributed by atoms with E-state index in [0.717, 1.165) is 22.4 Å². The van der Waals surface area contributed by atoms with Crippen molar-refractivity contribution in [1.29, 1.82) is 0 Å². The van der Waals surface area contributed by atoms with E-state index in [1.807, 2.05) is 30.3 Å². The molecule has 3 aromatic carbocycles. The Kier molecular flexibility index (Phi) is 7.64. The van der Waals surface area contributed by atoms with Gasteiger partial charge >= 0.3 is 0 Å². The Hall–Kier alpha value is -2.40. The first-order valence-electron chi connectivity index (χ1n) is 8.81. The van der Waals surface area contributed by atoms with Crippen LogP contribution in [0.25, 0.3) is 0 Å². The predicted molar refractivity (Wildman–Crippen MR) is 120 cm³/mol. The number of hydrogen-bond donors (Lipinski definition) is 1. The van der Waals surface area contributed by atoms with Crippen LogP contribution >= 0.6 is 34.8 Å². The molecule has 0 fully saturated rings. The van der Waals surface area contributed by atoms with Gasteiger partial charge in [-0.25, -0.2) is 0 Å². The quantitative estimate of drug-likeness (QED) is 0.321. The van der Waals surface area contributed by atoms with Gasteiger partial charge in [-0.1, -0.05) is 59.1 Å². The van der Waals surface area contributed by atoms with E-state index in [2.05, 4.69) is 10.5 Å². The van der Waals surface area contributed by atoms with E-state index < -0.39 is 0 Å². The van der Waals surface area contributed by atoms with E-state index in [-0.39, 0.29) is 0 Å². The van der Waals surface area contributed by atoms with Gasteiger partial charge in [0.1, 0.15) is 18.1 Å². The Morgan fingerprint density at radius 3 is 2.55 bits per heavy atom. The number of rotatable bonds is 8. The number of nitrogens with zero attached hydrogens (tertiary/aromatic N) is 1. The highest BCUT2D eigenvalue weighted by Gasteiger charge is 2.06. The van der Waals surface area contributed by atoms with Crippen molar-refractivity contribution >= 4 is 41.0 Å². The molecule has 7 heteroatoms. The fraction of sp³-hybridized carbons (Fsp3) is 0.136. The average Bonchev–Trinajstić information content (AvgIpc) is 2.73. The minimum Gasteiger partial charge on any atom is -0.496 e. The minimum absolute atomic E-state index is 0.341. The molecule has 0 amide bonds. The van der Waals surface area contributed by atoms with Crippen molar-refractivity contribution in [3.05, 3.63) is 92.4 Å². The van der Waals surface area contributed by atoms with Gasteiger partial charge in [0, 0.05) is 16.1 Å². The normalized spacial score (nSPS) is 10.9. The SMILES string of the molecule is COc1ccccc1CN/N=C/c1cc(Cl)ccc1OCc1ccc(Cl)c(Cl)c1. The summed E-state index contributed by atoms with van der Waals surface area (Å²) in [5.41, 5.74) is 5.69. The molecule has 3 rings (SSSR count). The van der Waals surface area contributed by atoms with Crippen molar-refractivity contribution in [2.75, 3.05) is 7.11 Å². The van der Waals surface area contributed by atoms with Gasteiger partial charge in [-0.05, 0) is 42.0 Å². The number of ether oxygens (including phenoxy) is 2. The molecule has 150 valence electrons. The third-order valence-electron chi connectivity index (χ3n) is 4.11. The second-order valence-electron chi connectivity index (χ2n) is 6.12. The zero-order valence-electron chi connectivity index (χ0n) is 15.7. The first kappa shape index (κ1) is 21.3. The van der Waals surface area contributed by atoms with Crippen LogP contribution in [0.15, 0.2) is 65.8 Å².